The van der Waals surface area contributed by atoms with Crippen LogP contribution in [0.3, 0.4) is 0 Å². The SMILES string of the molecule is CC(C)=CC1CCCOC1C. The molecule has 2 atom stereocenters. The molecule has 1 fully saturated rings. The molecule has 0 aromatic rings. The van der Waals surface area contributed by atoms with E-state index in [-0.39, 0.29) is 0 Å². The van der Waals surface area contributed by atoms with Crippen molar-refractivity contribution in [3.8, 4) is 0 Å². The summed E-state index contributed by atoms with van der Waals surface area (Å²) in [5, 5.41) is 0. The number of allylic oxidation sites excluding steroid dienone is 1. The summed E-state index contributed by atoms with van der Waals surface area (Å²) in [6.45, 7) is 7.43. The Bertz CT molecular complexity index is 145. The zero-order valence-corrected chi connectivity index (χ0v) is 7.76. The standard InChI is InChI=1S/C10H18O/c1-8(2)7-10-5-4-6-11-9(10)3/h7,9-10H,4-6H2,1-3H3. The molecule has 0 bridgehead atoms. The highest BCUT2D eigenvalue weighted by atomic mass is 16.5. The van der Waals surface area contributed by atoms with Crippen molar-refractivity contribution in [2.45, 2.75) is 39.7 Å². The Kier molecular flexibility index (Phi) is 3.13. The minimum atomic E-state index is 0.429. The minimum Gasteiger partial charge on any atom is -0.378 e. The van der Waals surface area contributed by atoms with E-state index in [1.807, 2.05) is 0 Å². The van der Waals surface area contributed by atoms with Gasteiger partial charge < -0.3 is 4.74 Å². The summed E-state index contributed by atoms with van der Waals surface area (Å²) in [6.07, 6.45) is 5.29. The van der Waals surface area contributed by atoms with Crippen LogP contribution in [0.1, 0.15) is 33.6 Å². The van der Waals surface area contributed by atoms with Crippen LogP contribution in [0.2, 0.25) is 0 Å². The molecule has 1 heterocycles. The van der Waals surface area contributed by atoms with E-state index in [1.165, 1.54) is 18.4 Å². The molecule has 0 aromatic heterocycles. The maximum Gasteiger partial charge on any atom is 0.0609 e. The Hall–Kier alpha value is -0.300. The van der Waals surface area contributed by atoms with Crippen LogP contribution in [0.5, 0.6) is 0 Å². The van der Waals surface area contributed by atoms with Gasteiger partial charge in [-0.25, -0.2) is 0 Å². The molecule has 0 spiro atoms. The summed E-state index contributed by atoms with van der Waals surface area (Å²) in [5.41, 5.74) is 1.41. The fraction of sp³-hybridized carbons (Fsp3) is 0.800. The van der Waals surface area contributed by atoms with Gasteiger partial charge in [-0.15, -0.1) is 0 Å². The summed E-state index contributed by atoms with van der Waals surface area (Å²) >= 11 is 0. The number of hydrogen-bond donors (Lipinski definition) is 0. The largest absolute Gasteiger partial charge is 0.378 e. The number of ether oxygens (including phenoxy) is 1. The molecule has 2 unspecified atom stereocenters. The fourth-order valence-corrected chi connectivity index (χ4v) is 1.59. The van der Waals surface area contributed by atoms with E-state index >= 15 is 0 Å². The first-order valence-corrected chi connectivity index (χ1v) is 4.47. The highest BCUT2D eigenvalue weighted by Gasteiger charge is 2.19. The molecule has 1 heteroatoms. The van der Waals surface area contributed by atoms with Crippen molar-refractivity contribution in [3.05, 3.63) is 11.6 Å². The molecule has 0 aromatic carbocycles. The molecule has 1 rings (SSSR count). The van der Waals surface area contributed by atoms with Gasteiger partial charge in [-0.3, -0.25) is 0 Å². The maximum atomic E-state index is 5.55. The van der Waals surface area contributed by atoms with Gasteiger partial charge in [0.2, 0.25) is 0 Å². The van der Waals surface area contributed by atoms with Gasteiger partial charge in [-0.05, 0) is 33.6 Å². The summed E-state index contributed by atoms with van der Waals surface area (Å²) in [6, 6.07) is 0. The average Bonchev–Trinajstić information content (AvgIpc) is 1.93. The van der Waals surface area contributed by atoms with E-state index in [1.54, 1.807) is 0 Å². The van der Waals surface area contributed by atoms with Crippen molar-refractivity contribution in [2.75, 3.05) is 6.61 Å². The zero-order chi connectivity index (χ0) is 8.27. The summed E-state index contributed by atoms with van der Waals surface area (Å²) < 4.78 is 5.55. The topological polar surface area (TPSA) is 9.23 Å². The molecule has 0 amide bonds. The molecule has 0 aliphatic carbocycles. The predicted molar refractivity (Wildman–Crippen MR) is 47.6 cm³/mol. The highest BCUT2D eigenvalue weighted by molar-refractivity contribution is 4.99. The van der Waals surface area contributed by atoms with Gasteiger partial charge in [0.05, 0.1) is 6.10 Å². The van der Waals surface area contributed by atoms with E-state index < -0.39 is 0 Å². The van der Waals surface area contributed by atoms with E-state index in [4.69, 9.17) is 4.74 Å². The Morgan fingerprint density at radius 2 is 2.18 bits per heavy atom. The van der Waals surface area contributed by atoms with Crippen LogP contribution in [0.4, 0.5) is 0 Å². The van der Waals surface area contributed by atoms with Crippen LogP contribution in [-0.4, -0.2) is 12.7 Å². The van der Waals surface area contributed by atoms with Gasteiger partial charge in [0.15, 0.2) is 0 Å². The van der Waals surface area contributed by atoms with Gasteiger partial charge in [0, 0.05) is 12.5 Å². The van der Waals surface area contributed by atoms with Crippen molar-refractivity contribution in [1.29, 1.82) is 0 Å². The summed E-state index contributed by atoms with van der Waals surface area (Å²) in [4.78, 5) is 0. The van der Waals surface area contributed by atoms with Crippen LogP contribution in [0, 0.1) is 5.92 Å². The van der Waals surface area contributed by atoms with Crippen molar-refractivity contribution in [3.63, 3.8) is 0 Å². The average molecular weight is 154 g/mol. The third-order valence-corrected chi connectivity index (χ3v) is 2.21. The second kappa shape index (κ2) is 3.91. The van der Waals surface area contributed by atoms with Crippen molar-refractivity contribution >= 4 is 0 Å². The second-order valence-electron chi connectivity index (χ2n) is 3.63. The first kappa shape index (κ1) is 8.79. The molecule has 0 saturated carbocycles. The minimum absolute atomic E-state index is 0.429. The lowest BCUT2D eigenvalue weighted by Crippen LogP contribution is -2.25. The Morgan fingerprint density at radius 3 is 2.73 bits per heavy atom. The molecular weight excluding hydrogens is 136 g/mol. The third kappa shape index (κ3) is 2.66. The van der Waals surface area contributed by atoms with Gasteiger partial charge in [-0.2, -0.15) is 0 Å². The Morgan fingerprint density at radius 1 is 1.45 bits per heavy atom. The quantitative estimate of drug-likeness (QED) is 0.528. The number of rotatable bonds is 1. The first-order valence-electron chi connectivity index (χ1n) is 4.47. The zero-order valence-electron chi connectivity index (χ0n) is 7.76. The lowest BCUT2D eigenvalue weighted by molar-refractivity contribution is 0.00126. The molecule has 1 aliphatic heterocycles. The second-order valence-corrected chi connectivity index (χ2v) is 3.63. The molecular formula is C10H18O. The van der Waals surface area contributed by atoms with E-state index in [9.17, 15) is 0 Å². The van der Waals surface area contributed by atoms with Crippen LogP contribution in [0.15, 0.2) is 11.6 Å². The van der Waals surface area contributed by atoms with Crippen LogP contribution in [-0.2, 0) is 4.74 Å². The van der Waals surface area contributed by atoms with Gasteiger partial charge in [0.25, 0.3) is 0 Å². The van der Waals surface area contributed by atoms with Crippen LogP contribution >= 0.6 is 0 Å². The molecule has 1 saturated heterocycles. The summed E-state index contributed by atoms with van der Waals surface area (Å²) in [5.74, 6) is 0.661. The monoisotopic (exact) mass is 154 g/mol. The highest BCUT2D eigenvalue weighted by Crippen LogP contribution is 2.22. The molecule has 0 radical (unpaired) electrons. The van der Waals surface area contributed by atoms with Crippen LogP contribution in [0.25, 0.3) is 0 Å². The summed E-state index contributed by atoms with van der Waals surface area (Å²) in [7, 11) is 0. The molecule has 11 heavy (non-hydrogen) atoms. The smallest absolute Gasteiger partial charge is 0.0609 e. The van der Waals surface area contributed by atoms with Crippen molar-refractivity contribution in [2.24, 2.45) is 5.92 Å². The molecule has 1 aliphatic rings. The van der Waals surface area contributed by atoms with Gasteiger partial charge in [0.1, 0.15) is 0 Å². The van der Waals surface area contributed by atoms with Crippen molar-refractivity contribution < 1.29 is 4.74 Å². The van der Waals surface area contributed by atoms with E-state index in [0.717, 1.165) is 6.61 Å². The van der Waals surface area contributed by atoms with Gasteiger partial charge in [-0.1, -0.05) is 11.6 Å². The van der Waals surface area contributed by atoms with E-state index in [0.29, 0.717) is 12.0 Å². The fourth-order valence-electron chi connectivity index (χ4n) is 1.59. The third-order valence-electron chi connectivity index (χ3n) is 2.21. The number of hydrogen-bond acceptors (Lipinski definition) is 1. The lowest BCUT2D eigenvalue weighted by Gasteiger charge is -2.26. The lowest BCUT2D eigenvalue weighted by atomic mass is 9.94. The first-order chi connectivity index (χ1) is 5.20. The normalized spacial score (nSPS) is 31.5. The van der Waals surface area contributed by atoms with E-state index in [2.05, 4.69) is 26.8 Å². The van der Waals surface area contributed by atoms with Crippen LogP contribution < -0.4 is 0 Å². The Labute approximate surface area is 69.4 Å². The maximum absolute atomic E-state index is 5.55. The molecule has 0 N–H and O–H groups in total. The molecule has 1 nitrogen and oxygen atoms in total. The van der Waals surface area contributed by atoms with Gasteiger partial charge >= 0.3 is 0 Å². The van der Waals surface area contributed by atoms with Crippen molar-refractivity contribution in [1.82, 2.24) is 0 Å². The molecule has 64 valence electrons. The predicted octanol–water partition coefficient (Wildman–Crippen LogP) is 2.77. The Balaban J connectivity index is 2.48.